The molecule has 0 aliphatic heterocycles. The smallest absolute Gasteiger partial charge is 0.272 e. The Morgan fingerprint density at radius 1 is 1.21 bits per heavy atom. The maximum atomic E-state index is 12.4. The Labute approximate surface area is 164 Å². The zero-order chi connectivity index (χ0) is 20.4. The Kier molecular flexibility index (Phi) is 5.32. The Bertz CT molecular complexity index is 1170. The number of nitro benzene ring substituents is 1. The van der Waals surface area contributed by atoms with Gasteiger partial charge < -0.3 is 14.5 Å². The number of aromatic amines is 1. The molecular formula is C19H16ClN3O5. The van der Waals surface area contributed by atoms with Gasteiger partial charge in [-0.2, -0.15) is 0 Å². The van der Waals surface area contributed by atoms with Crippen molar-refractivity contribution >= 4 is 39.3 Å². The zero-order valence-electron chi connectivity index (χ0n) is 15.3. The minimum Gasteiger partial charge on any atom is -0.493 e. The average Bonchev–Trinajstić information content (AvgIpc) is 2.68. The molecule has 1 aromatic heterocycles. The number of hydrogen-bond donors (Lipinski definition) is 1. The first-order valence-corrected chi connectivity index (χ1v) is 8.50. The molecule has 0 aliphatic carbocycles. The van der Waals surface area contributed by atoms with E-state index in [4.69, 9.17) is 21.1 Å². The first kappa shape index (κ1) is 19.4. The van der Waals surface area contributed by atoms with Crippen LogP contribution in [0.15, 0.2) is 35.1 Å². The Hall–Kier alpha value is -3.39. The Morgan fingerprint density at radius 3 is 2.54 bits per heavy atom. The van der Waals surface area contributed by atoms with Gasteiger partial charge in [0.2, 0.25) is 0 Å². The standard InChI is InChI=1S/C19H16ClN3O5/c1-10-4-5-11(7-15(10)23(25)26)6-13(20)18-21-14-9-17(28-3)16(27-2)8-12(14)19(24)22-18/h4-9H,1-3H3,(H,21,22,24)/b13-6-. The number of rotatable bonds is 5. The number of fused-ring (bicyclic) bond motifs is 1. The fourth-order valence-electron chi connectivity index (χ4n) is 2.71. The van der Waals surface area contributed by atoms with Gasteiger partial charge in [0, 0.05) is 17.7 Å². The monoisotopic (exact) mass is 401 g/mol. The molecule has 0 saturated carbocycles. The first-order valence-electron chi connectivity index (χ1n) is 8.12. The third-order valence-electron chi connectivity index (χ3n) is 4.16. The minimum atomic E-state index is -0.462. The average molecular weight is 402 g/mol. The van der Waals surface area contributed by atoms with Crippen LogP contribution in [0.5, 0.6) is 11.5 Å². The van der Waals surface area contributed by atoms with Gasteiger partial charge in [0.15, 0.2) is 17.3 Å². The highest BCUT2D eigenvalue weighted by atomic mass is 35.5. The van der Waals surface area contributed by atoms with Crippen molar-refractivity contribution < 1.29 is 14.4 Å². The first-order chi connectivity index (χ1) is 13.3. The third kappa shape index (κ3) is 3.67. The summed E-state index contributed by atoms with van der Waals surface area (Å²) in [5.41, 5.74) is 1.00. The molecule has 0 bridgehead atoms. The number of hydrogen-bond acceptors (Lipinski definition) is 6. The van der Waals surface area contributed by atoms with Crippen LogP contribution >= 0.6 is 11.6 Å². The molecule has 1 N–H and O–H groups in total. The van der Waals surface area contributed by atoms with Gasteiger partial charge >= 0.3 is 0 Å². The summed E-state index contributed by atoms with van der Waals surface area (Å²) < 4.78 is 10.4. The van der Waals surface area contributed by atoms with Crippen LogP contribution in [0.2, 0.25) is 0 Å². The predicted octanol–water partition coefficient (Wildman–Crippen LogP) is 3.89. The highest BCUT2D eigenvalue weighted by Gasteiger charge is 2.14. The van der Waals surface area contributed by atoms with Crippen LogP contribution in [0.25, 0.3) is 22.0 Å². The molecular weight excluding hydrogens is 386 g/mol. The van der Waals surface area contributed by atoms with Crippen molar-refractivity contribution in [2.45, 2.75) is 6.92 Å². The molecule has 0 radical (unpaired) electrons. The van der Waals surface area contributed by atoms with E-state index in [1.807, 2.05) is 0 Å². The van der Waals surface area contributed by atoms with Gasteiger partial charge in [-0.05, 0) is 24.6 Å². The number of aryl methyl sites for hydroxylation is 1. The largest absolute Gasteiger partial charge is 0.493 e. The number of aromatic nitrogens is 2. The van der Waals surface area contributed by atoms with Gasteiger partial charge in [-0.25, -0.2) is 4.98 Å². The summed E-state index contributed by atoms with van der Waals surface area (Å²) in [6, 6.07) is 7.84. The third-order valence-corrected chi connectivity index (χ3v) is 4.45. The molecule has 0 spiro atoms. The lowest BCUT2D eigenvalue weighted by Crippen LogP contribution is -2.11. The molecule has 3 rings (SSSR count). The number of nitrogens with zero attached hydrogens (tertiary/aromatic N) is 2. The van der Waals surface area contributed by atoms with Crippen LogP contribution in [0.3, 0.4) is 0 Å². The van der Waals surface area contributed by atoms with Crippen molar-refractivity contribution in [1.82, 2.24) is 9.97 Å². The molecule has 0 amide bonds. The number of nitro groups is 1. The predicted molar refractivity (Wildman–Crippen MR) is 107 cm³/mol. The second kappa shape index (κ2) is 7.69. The number of benzene rings is 2. The lowest BCUT2D eigenvalue weighted by Gasteiger charge is -2.09. The lowest BCUT2D eigenvalue weighted by molar-refractivity contribution is -0.385. The van der Waals surface area contributed by atoms with Gasteiger partial charge in [-0.15, -0.1) is 0 Å². The summed E-state index contributed by atoms with van der Waals surface area (Å²) in [6.07, 6.45) is 1.50. The molecule has 0 atom stereocenters. The molecule has 1 heterocycles. The van der Waals surface area contributed by atoms with Crippen LogP contribution < -0.4 is 15.0 Å². The van der Waals surface area contributed by atoms with Gasteiger partial charge in [-0.1, -0.05) is 23.7 Å². The Balaban J connectivity index is 2.10. The number of halogens is 1. The molecule has 28 heavy (non-hydrogen) atoms. The fourth-order valence-corrected chi connectivity index (χ4v) is 2.92. The van der Waals surface area contributed by atoms with Crippen LogP contribution in [0.4, 0.5) is 5.69 Å². The van der Waals surface area contributed by atoms with E-state index in [1.165, 1.54) is 32.4 Å². The van der Waals surface area contributed by atoms with E-state index in [2.05, 4.69) is 9.97 Å². The van der Waals surface area contributed by atoms with Crippen molar-refractivity contribution in [3.8, 4) is 11.5 Å². The lowest BCUT2D eigenvalue weighted by atomic mass is 10.1. The van der Waals surface area contributed by atoms with Crippen LogP contribution in [-0.2, 0) is 0 Å². The topological polar surface area (TPSA) is 107 Å². The summed E-state index contributed by atoms with van der Waals surface area (Å²) >= 11 is 6.32. The van der Waals surface area contributed by atoms with Crippen molar-refractivity contribution in [3.63, 3.8) is 0 Å². The molecule has 0 unspecified atom stereocenters. The summed E-state index contributed by atoms with van der Waals surface area (Å²) in [4.78, 5) is 30.1. The molecule has 8 nitrogen and oxygen atoms in total. The normalized spacial score (nSPS) is 11.5. The number of ether oxygens (including phenoxy) is 2. The molecule has 2 aromatic carbocycles. The second-order valence-corrected chi connectivity index (χ2v) is 6.34. The van der Waals surface area contributed by atoms with Crippen LogP contribution in [0.1, 0.15) is 17.0 Å². The van der Waals surface area contributed by atoms with Crippen LogP contribution in [0, 0.1) is 17.0 Å². The highest BCUT2D eigenvalue weighted by Crippen LogP contribution is 2.31. The minimum absolute atomic E-state index is 0.0185. The molecule has 3 aromatic rings. The zero-order valence-corrected chi connectivity index (χ0v) is 16.0. The van der Waals surface area contributed by atoms with Gasteiger partial charge in [0.1, 0.15) is 0 Å². The summed E-state index contributed by atoms with van der Waals surface area (Å²) in [6.45, 7) is 1.65. The Morgan fingerprint density at radius 2 is 1.89 bits per heavy atom. The summed E-state index contributed by atoms with van der Waals surface area (Å²) in [5.74, 6) is 0.964. The molecule has 9 heteroatoms. The fraction of sp³-hybridized carbons (Fsp3) is 0.158. The highest BCUT2D eigenvalue weighted by molar-refractivity contribution is 6.50. The van der Waals surface area contributed by atoms with Gasteiger partial charge in [-0.3, -0.25) is 14.9 Å². The van der Waals surface area contributed by atoms with E-state index < -0.39 is 10.5 Å². The van der Waals surface area contributed by atoms with Crippen LogP contribution in [-0.4, -0.2) is 29.1 Å². The van der Waals surface area contributed by atoms with Gasteiger partial charge in [0.05, 0.1) is 35.1 Å². The molecule has 0 saturated heterocycles. The van der Waals surface area contributed by atoms with E-state index in [9.17, 15) is 14.9 Å². The van der Waals surface area contributed by atoms with Crippen molar-refractivity contribution in [2.75, 3.05) is 14.2 Å². The molecule has 144 valence electrons. The number of methoxy groups -OCH3 is 2. The summed E-state index contributed by atoms with van der Waals surface area (Å²) in [7, 11) is 2.95. The van der Waals surface area contributed by atoms with E-state index in [-0.39, 0.29) is 16.5 Å². The maximum absolute atomic E-state index is 12.4. The molecule has 0 aliphatic rings. The second-order valence-electron chi connectivity index (χ2n) is 5.93. The van der Waals surface area contributed by atoms with E-state index in [1.54, 1.807) is 25.1 Å². The van der Waals surface area contributed by atoms with Crippen molar-refractivity contribution in [3.05, 3.63) is 67.8 Å². The number of nitrogens with one attached hydrogen (secondary N) is 1. The van der Waals surface area contributed by atoms with Crippen molar-refractivity contribution in [1.29, 1.82) is 0 Å². The van der Waals surface area contributed by atoms with E-state index in [0.29, 0.717) is 33.5 Å². The van der Waals surface area contributed by atoms with E-state index in [0.717, 1.165) is 0 Å². The summed E-state index contributed by atoms with van der Waals surface area (Å²) in [5, 5.41) is 11.6. The van der Waals surface area contributed by atoms with E-state index >= 15 is 0 Å². The van der Waals surface area contributed by atoms with Crippen molar-refractivity contribution in [2.24, 2.45) is 0 Å². The SMILES string of the molecule is COc1cc2nc(/C(Cl)=C/c3ccc(C)c([N+](=O)[O-])c3)[nH]c(=O)c2cc1OC. The quantitative estimate of drug-likeness (QED) is 0.513. The number of H-pyrrole nitrogens is 1. The molecule has 0 fully saturated rings. The maximum Gasteiger partial charge on any atom is 0.272 e. The van der Waals surface area contributed by atoms with Gasteiger partial charge in [0.25, 0.3) is 11.2 Å².